The molecule has 1 saturated heterocycles. The molecule has 0 spiro atoms. The van der Waals surface area contributed by atoms with E-state index in [4.69, 9.17) is 18.2 Å². The van der Waals surface area contributed by atoms with Crippen LogP contribution in [0, 0.1) is 19.4 Å². The van der Waals surface area contributed by atoms with Crippen molar-refractivity contribution in [3.63, 3.8) is 0 Å². The second-order valence-corrected chi connectivity index (χ2v) is 6.63. The normalized spacial score (nSPS) is 14.8. The van der Waals surface area contributed by atoms with Gasteiger partial charge in [-0.2, -0.15) is 0 Å². The third kappa shape index (κ3) is 4.09. The van der Waals surface area contributed by atoms with Gasteiger partial charge in [-0.1, -0.05) is 23.7 Å². The third-order valence-corrected chi connectivity index (χ3v) is 4.75. The molecule has 1 aromatic heterocycles. The molecule has 25 heavy (non-hydrogen) atoms. The van der Waals surface area contributed by atoms with Gasteiger partial charge in [0.1, 0.15) is 5.82 Å². The number of carbonyl (C=O) groups excluding carboxylic acids is 1. The molecule has 0 saturated carbocycles. The van der Waals surface area contributed by atoms with Crippen LogP contribution in [0.4, 0.5) is 17.2 Å². The Bertz CT molecular complexity index is 805. The maximum atomic E-state index is 12.4. The summed E-state index contributed by atoms with van der Waals surface area (Å²) in [6.07, 6.45) is 3.30. The van der Waals surface area contributed by atoms with Crippen molar-refractivity contribution in [2.24, 2.45) is 5.92 Å². The van der Waals surface area contributed by atoms with E-state index in [0.29, 0.717) is 16.5 Å². The standard InChI is InChI=1S/C19H19ClN4O/c1-13-3-6-18(22-12-13)23-19(25)14-7-9-24(10-8-14)15-4-5-17(21-2)16(20)11-15/h3-6,11-12,14H,7-10H2,1H3,(H,22,23,25). The van der Waals surface area contributed by atoms with Gasteiger partial charge in [0.25, 0.3) is 0 Å². The van der Waals surface area contributed by atoms with E-state index in [1.165, 1.54) is 0 Å². The lowest BCUT2D eigenvalue weighted by Crippen LogP contribution is -2.38. The number of aryl methyl sites for hydroxylation is 1. The van der Waals surface area contributed by atoms with Crippen LogP contribution in [0.3, 0.4) is 0 Å². The van der Waals surface area contributed by atoms with Gasteiger partial charge in [-0.05, 0) is 43.5 Å². The van der Waals surface area contributed by atoms with Crippen molar-refractivity contribution < 1.29 is 4.79 Å². The van der Waals surface area contributed by atoms with Gasteiger partial charge < -0.3 is 10.2 Å². The van der Waals surface area contributed by atoms with E-state index in [-0.39, 0.29) is 11.8 Å². The van der Waals surface area contributed by atoms with Gasteiger partial charge in [0.05, 0.1) is 6.57 Å². The summed E-state index contributed by atoms with van der Waals surface area (Å²) in [6, 6.07) is 9.24. The molecule has 1 amide bonds. The number of pyridine rings is 1. The zero-order valence-electron chi connectivity index (χ0n) is 14.0. The molecule has 0 radical (unpaired) electrons. The number of nitrogens with zero attached hydrogens (tertiary/aromatic N) is 3. The summed E-state index contributed by atoms with van der Waals surface area (Å²) < 4.78 is 0. The van der Waals surface area contributed by atoms with Crippen molar-refractivity contribution in [2.45, 2.75) is 19.8 Å². The Labute approximate surface area is 152 Å². The first-order valence-corrected chi connectivity index (χ1v) is 8.60. The molecule has 0 aliphatic carbocycles. The van der Waals surface area contributed by atoms with E-state index in [9.17, 15) is 4.79 Å². The van der Waals surface area contributed by atoms with E-state index in [1.807, 2.05) is 31.2 Å². The van der Waals surface area contributed by atoms with Gasteiger partial charge in [0.15, 0.2) is 0 Å². The fourth-order valence-corrected chi connectivity index (χ4v) is 3.17. The molecular weight excluding hydrogens is 336 g/mol. The number of halogens is 1. The summed E-state index contributed by atoms with van der Waals surface area (Å²) in [5.74, 6) is 0.606. The zero-order chi connectivity index (χ0) is 17.8. The van der Waals surface area contributed by atoms with Crippen LogP contribution < -0.4 is 10.2 Å². The lowest BCUT2D eigenvalue weighted by Gasteiger charge is -2.33. The smallest absolute Gasteiger partial charge is 0.228 e. The summed E-state index contributed by atoms with van der Waals surface area (Å²) in [5.41, 5.74) is 2.52. The molecule has 1 aliphatic heterocycles. The highest BCUT2D eigenvalue weighted by Gasteiger charge is 2.25. The predicted octanol–water partition coefficient (Wildman–Crippen LogP) is 4.45. The van der Waals surface area contributed by atoms with Crippen LogP contribution >= 0.6 is 11.6 Å². The largest absolute Gasteiger partial charge is 0.372 e. The lowest BCUT2D eigenvalue weighted by atomic mass is 9.95. The molecule has 1 fully saturated rings. The number of hydrogen-bond acceptors (Lipinski definition) is 3. The maximum Gasteiger partial charge on any atom is 0.228 e. The van der Waals surface area contributed by atoms with Crippen molar-refractivity contribution >= 4 is 34.7 Å². The second kappa shape index (κ2) is 7.54. The summed E-state index contributed by atoms with van der Waals surface area (Å²) in [6.45, 7) is 10.6. The predicted molar refractivity (Wildman–Crippen MR) is 100 cm³/mol. The molecule has 0 bridgehead atoms. The Morgan fingerprint density at radius 1 is 1.32 bits per heavy atom. The second-order valence-electron chi connectivity index (χ2n) is 6.22. The number of rotatable bonds is 3. The highest BCUT2D eigenvalue weighted by Crippen LogP contribution is 2.31. The van der Waals surface area contributed by atoms with E-state index in [2.05, 4.69) is 20.0 Å². The van der Waals surface area contributed by atoms with Gasteiger partial charge in [-0.25, -0.2) is 9.83 Å². The summed E-state index contributed by atoms with van der Waals surface area (Å²) in [4.78, 5) is 22.2. The van der Waals surface area contributed by atoms with E-state index >= 15 is 0 Å². The Kier molecular flexibility index (Phi) is 5.20. The first-order valence-electron chi connectivity index (χ1n) is 8.22. The average Bonchev–Trinajstić information content (AvgIpc) is 2.63. The minimum Gasteiger partial charge on any atom is -0.372 e. The third-order valence-electron chi connectivity index (χ3n) is 4.45. The summed E-state index contributed by atoms with van der Waals surface area (Å²) in [5, 5.41) is 3.36. The minimum absolute atomic E-state index is 0.0164. The van der Waals surface area contributed by atoms with Crippen molar-refractivity contribution in [3.05, 3.63) is 58.5 Å². The summed E-state index contributed by atoms with van der Waals surface area (Å²) in [7, 11) is 0. The van der Waals surface area contributed by atoms with Crippen LogP contribution in [0.5, 0.6) is 0 Å². The van der Waals surface area contributed by atoms with Crippen molar-refractivity contribution in [1.29, 1.82) is 0 Å². The maximum absolute atomic E-state index is 12.4. The van der Waals surface area contributed by atoms with Gasteiger partial charge in [-0.15, -0.1) is 0 Å². The van der Waals surface area contributed by atoms with Crippen LogP contribution in [0.2, 0.25) is 5.02 Å². The molecule has 6 heteroatoms. The van der Waals surface area contributed by atoms with E-state index in [0.717, 1.165) is 37.2 Å². The molecule has 0 atom stereocenters. The fraction of sp³-hybridized carbons (Fsp3) is 0.316. The van der Waals surface area contributed by atoms with Crippen molar-refractivity contribution in [1.82, 2.24) is 4.98 Å². The molecule has 3 rings (SSSR count). The Hall–Kier alpha value is -2.58. The van der Waals surface area contributed by atoms with Crippen LogP contribution in [0.15, 0.2) is 36.5 Å². The van der Waals surface area contributed by atoms with Crippen LogP contribution in [-0.2, 0) is 4.79 Å². The number of benzene rings is 1. The highest BCUT2D eigenvalue weighted by atomic mass is 35.5. The molecule has 2 aromatic rings. The fourth-order valence-electron chi connectivity index (χ4n) is 2.95. The number of nitrogens with one attached hydrogen (secondary N) is 1. The number of carbonyl (C=O) groups is 1. The highest BCUT2D eigenvalue weighted by molar-refractivity contribution is 6.33. The average molecular weight is 355 g/mol. The number of aromatic nitrogens is 1. The molecule has 1 N–H and O–H groups in total. The number of anilines is 2. The molecular formula is C19H19ClN4O. The van der Waals surface area contributed by atoms with Crippen LogP contribution in [0.1, 0.15) is 18.4 Å². The molecule has 1 aliphatic rings. The zero-order valence-corrected chi connectivity index (χ0v) is 14.8. The van der Waals surface area contributed by atoms with Crippen LogP contribution in [-0.4, -0.2) is 24.0 Å². The first kappa shape index (κ1) is 17.2. The molecule has 0 unspecified atom stereocenters. The van der Waals surface area contributed by atoms with Crippen molar-refractivity contribution in [3.8, 4) is 0 Å². The Morgan fingerprint density at radius 2 is 2.08 bits per heavy atom. The van der Waals surface area contributed by atoms with Crippen LogP contribution in [0.25, 0.3) is 4.85 Å². The van der Waals surface area contributed by atoms with E-state index in [1.54, 1.807) is 12.3 Å². The monoisotopic (exact) mass is 354 g/mol. The SMILES string of the molecule is [C-]#[N+]c1ccc(N2CCC(C(=O)Nc3ccc(C)cn3)CC2)cc1Cl. The minimum atomic E-state index is -0.0164. The van der Waals surface area contributed by atoms with Gasteiger partial charge in [0, 0.05) is 35.9 Å². The first-order chi connectivity index (χ1) is 12.1. The number of hydrogen-bond donors (Lipinski definition) is 1. The summed E-state index contributed by atoms with van der Waals surface area (Å²) >= 11 is 6.12. The molecule has 5 nitrogen and oxygen atoms in total. The molecule has 128 valence electrons. The lowest BCUT2D eigenvalue weighted by molar-refractivity contribution is -0.120. The van der Waals surface area contributed by atoms with Gasteiger partial charge in [0.2, 0.25) is 11.6 Å². The topological polar surface area (TPSA) is 49.6 Å². The van der Waals surface area contributed by atoms with Crippen molar-refractivity contribution in [2.75, 3.05) is 23.3 Å². The quantitative estimate of drug-likeness (QED) is 0.828. The number of piperidine rings is 1. The van der Waals surface area contributed by atoms with Gasteiger partial charge >= 0.3 is 0 Å². The Morgan fingerprint density at radius 3 is 2.68 bits per heavy atom. The molecule has 2 heterocycles. The van der Waals surface area contributed by atoms with E-state index < -0.39 is 0 Å². The van der Waals surface area contributed by atoms with Gasteiger partial charge in [-0.3, -0.25) is 4.79 Å². The number of amides is 1. The molecule has 1 aromatic carbocycles. The Balaban J connectivity index is 1.58.